The van der Waals surface area contributed by atoms with Gasteiger partial charge in [-0.2, -0.15) is 0 Å². The van der Waals surface area contributed by atoms with E-state index in [0.29, 0.717) is 12.6 Å². The summed E-state index contributed by atoms with van der Waals surface area (Å²) in [7, 11) is 0. The molecule has 2 N–H and O–H groups in total. The van der Waals surface area contributed by atoms with Crippen molar-refractivity contribution in [1.29, 1.82) is 0 Å². The van der Waals surface area contributed by atoms with Crippen LogP contribution in [0.4, 0.5) is 4.39 Å². The van der Waals surface area contributed by atoms with E-state index >= 15 is 0 Å². The molecule has 1 saturated heterocycles. The van der Waals surface area contributed by atoms with E-state index in [1.165, 1.54) is 44.1 Å². The molecule has 21 heavy (non-hydrogen) atoms. The first-order valence-corrected chi connectivity index (χ1v) is 8.42. The summed E-state index contributed by atoms with van der Waals surface area (Å²) in [6.45, 7) is 3.60. The molecule has 2 aliphatic rings. The van der Waals surface area contributed by atoms with Gasteiger partial charge in [0.25, 0.3) is 0 Å². The molecule has 3 heteroatoms. The molecule has 0 bridgehead atoms. The van der Waals surface area contributed by atoms with Crippen LogP contribution >= 0.6 is 0 Å². The standard InChI is InChI=1S/C18H27FN2/c1-13-11-15(8-9-16(13)19)18(12-20)21-10-4-6-14-5-2-3-7-17(14)21/h8-9,11,14,17-18H,2-7,10,12,20H2,1H3. The Hall–Kier alpha value is -0.930. The number of hydrogen-bond donors (Lipinski definition) is 1. The Bertz CT molecular complexity index is 486. The van der Waals surface area contributed by atoms with Crippen molar-refractivity contribution in [3.05, 3.63) is 35.1 Å². The molecule has 116 valence electrons. The molecule has 1 aromatic carbocycles. The maximum atomic E-state index is 13.5. The van der Waals surface area contributed by atoms with Crippen LogP contribution in [-0.2, 0) is 0 Å². The van der Waals surface area contributed by atoms with Gasteiger partial charge >= 0.3 is 0 Å². The van der Waals surface area contributed by atoms with Crippen molar-refractivity contribution in [3.8, 4) is 0 Å². The van der Waals surface area contributed by atoms with Crippen LogP contribution < -0.4 is 5.73 Å². The summed E-state index contributed by atoms with van der Waals surface area (Å²) in [5.41, 5.74) is 8.02. The fourth-order valence-electron chi connectivity index (χ4n) is 4.39. The van der Waals surface area contributed by atoms with E-state index in [2.05, 4.69) is 4.90 Å². The summed E-state index contributed by atoms with van der Waals surface area (Å²) in [4.78, 5) is 2.63. The third-order valence-corrected chi connectivity index (χ3v) is 5.48. The quantitative estimate of drug-likeness (QED) is 0.917. The van der Waals surface area contributed by atoms with Crippen LogP contribution in [0, 0.1) is 18.7 Å². The van der Waals surface area contributed by atoms with Crippen molar-refractivity contribution >= 4 is 0 Å². The predicted molar refractivity (Wildman–Crippen MR) is 84.6 cm³/mol. The van der Waals surface area contributed by atoms with Crippen LogP contribution in [0.25, 0.3) is 0 Å². The highest BCUT2D eigenvalue weighted by Crippen LogP contribution is 2.39. The first-order chi connectivity index (χ1) is 10.2. The number of aryl methyl sites for hydroxylation is 1. The molecule has 3 atom stereocenters. The smallest absolute Gasteiger partial charge is 0.126 e. The zero-order valence-corrected chi connectivity index (χ0v) is 13.0. The van der Waals surface area contributed by atoms with E-state index in [4.69, 9.17) is 5.73 Å². The molecule has 3 rings (SSSR count). The van der Waals surface area contributed by atoms with E-state index in [-0.39, 0.29) is 11.9 Å². The van der Waals surface area contributed by atoms with Gasteiger partial charge in [-0.25, -0.2) is 4.39 Å². The maximum absolute atomic E-state index is 13.5. The molecule has 0 aromatic heterocycles. The maximum Gasteiger partial charge on any atom is 0.126 e. The van der Waals surface area contributed by atoms with Gasteiger partial charge in [-0.1, -0.05) is 25.0 Å². The van der Waals surface area contributed by atoms with Crippen molar-refractivity contribution in [2.24, 2.45) is 11.7 Å². The monoisotopic (exact) mass is 290 g/mol. The van der Waals surface area contributed by atoms with Gasteiger partial charge in [0.05, 0.1) is 0 Å². The molecule has 2 nitrogen and oxygen atoms in total. The number of piperidine rings is 1. The Morgan fingerprint density at radius 1 is 1.24 bits per heavy atom. The fourth-order valence-corrected chi connectivity index (χ4v) is 4.39. The van der Waals surface area contributed by atoms with Gasteiger partial charge < -0.3 is 5.73 Å². The summed E-state index contributed by atoms with van der Waals surface area (Å²) in [6.07, 6.45) is 8.07. The van der Waals surface area contributed by atoms with Gasteiger partial charge in [-0.05, 0) is 62.3 Å². The summed E-state index contributed by atoms with van der Waals surface area (Å²) in [5.74, 6) is 0.729. The molecule has 1 aromatic rings. The zero-order chi connectivity index (χ0) is 14.8. The number of hydrogen-bond acceptors (Lipinski definition) is 2. The van der Waals surface area contributed by atoms with Crippen LogP contribution in [0.15, 0.2) is 18.2 Å². The van der Waals surface area contributed by atoms with Gasteiger partial charge in [0.1, 0.15) is 5.82 Å². The number of nitrogens with two attached hydrogens (primary N) is 1. The molecule has 0 spiro atoms. The number of benzene rings is 1. The van der Waals surface area contributed by atoms with Crippen molar-refractivity contribution in [2.45, 2.75) is 57.5 Å². The molecule has 2 fully saturated rings. The van der Waals surface area contributed by atoms with Crippen LogP contribution in [-0.4, -0.2) is 24.0 Å². The largest absolute Gasteiger partial charge is 0.329 e. The topological polar surface area (TPSA) is 29.3 Å². The molecule has 0 radical (unpaired) electrons. The minimum Gasteiger partial charge on any atom is -0.329 e. The predicted octanol–water partition coefficient (Wildman–Crippen LogP) is 3.79. The molecular formula is C18H27FN2. The van der Waals surface area contributed by atoms with Gasteiger partial charge in [0.15, 0.2) is 0 Å². The Morgan fingerprint density at radius 2 is 2.00 bits per heavy atom. The van der Waals surface area contributed by atoms with Crippen molar-refractivity contribution in [1.82, 2.24) is 4.90 Å². The van der Waals surface area contributed by atoms with Crippen LogP contribution in [0.3, 0.4) is 0 Å². The van der Waals surface area contributed by atoms with E-state index < -0.39 is 0 Å². The summed E-state index contributed by atoms with van der Waals surface area (Å²) >= 11 is 0. The van der Waals surface area contributed by atoms with Crippen molar-refractivity contribution in [3.63, 3.8) is 0 Å². The minimum absolute atomic E-state index is 0.122. The number of halogens is 1. The van der Waals surface area contributed by atoms with Gasteiger partial charge in [-0.15, -0.1) is 0 Å². The SMILES string of the molecule is Cc1cc(C(CN)N2CCCC3CCCCC32)ccc1F. The van der Waals surface area contributed by atoms with Crippen molar-refractivity contribution < 1.29 is 4.39 Å². The molecule has 1 aliphatic heterocycles. The minimum atomic E-state index is -0.122. The van der Waals surface area contributed by atoms with E-state index in [1.807, 2.05) is 19.1 Å². The Kier molecular flexibility index (Phi) is 4.60. The van der Waals surface area contributed by atoms with E-state index in [9.17, 15) is 4.39 Å². The number of fused-ring (bicyclic) bond motifs is 1. The third kappa shape index (κ3) is 3.00. The second kappa shape index (κ2) is 6.45. The van der Waals surface area contributed by atoms with Gasteiger partial charge in [-0.3, -0.25) is 4.90 Å². The van der Waals surface area contributed by atoms with Crippen LogP contribution in [0.5, 0.6) is 0 Å². The van der Waals surface area contributed by atoms with Crippen molar-refractivity contribution in [2.75, 3.05) is 13.1 Å². The average molecular weight is 290 g/mol. The van der Waals surface area contributed by atoms with E-state index in [0.717, 1.165) is 18.0 Å². The lowest BCUT2D eigenvalue weighted by atomic mass is 9.77. The molecule has 1 saturated carbocycles. The summed E-state index contributed by atoms with van der Waals surface area (Å²) in [6, 6.07) is 6.43. The highest BCUT2D eigenvalue weighted by atomic mass is 19.1. The zero-order valence-electron chi connectivity index (χ0n) is 13.0. The van der Waals surface area contributed by atoms with E-state index in [1.54, 1.807) is 6.07 Å². The summed E-state index contributed by atoms with van der Waals surface area (Å²) < 4.78 is 13.5. The first-order valence-electron chi connectivity index (χ1n) is 8.42. The highest BCUT2D eigenvalue weighted by molar-refractivity contribution is 5.27. The number of nitrogens with zero attached hydrogens (tertiary/aromatic N) is 1. The number of rotatable bonds is 3. The van der Waals surface area contributed by atoms with Crippen LogP contribution in [0.1, 0.15) is 55.7 Å². The van der Waals surface area contributed by atoms with Gasteiger partial charge in [0.2, 0.25) is 0 Å². The molecule has 3 unspecified atom stereocenters. The fraction of sp³-hybridized carbons (Fsp3) is 0.667. The molecule has 1 heterocycles. The summed E-state index contributed by atoms with van der Waals surface area (Å²) in [5, 5.41) is 0. The normalized spacial score (nSPS) is 28.1. The second-order valence-electron chi connectivity index (χ2n) is 6.75. The molecule has 0 amide bonds. The second-order valence-corrected chi connectivity index (χ2v) is 6.75. The Balaban J connectivity index is 1.85. The Morgan fingerprint density at radius 3 is 2.76 bits per heavy atom. The van der Waals surface area contributed by atoms with Crippen LogP contribution in [0.2, 0.25) is 0 Å². The molecular weight excluding hydrogens is 263 g/mol. The Labute approximate surface area is 127 Å². The lowest BCUT2D eigenvalue weighted by molar-refractivity contribution is 0.0276. The lowest BCUT2D eigenvalue weighted by Gasteiger charge is -2.47. The highest BCUT2D eigenvalue weighted by Gasteiger charge is 2.36. The molecule has 1 aliphatic carbocycles. The lowest BCUT2D eigenvalue weighted by Crippen LogP contribution is -2.50. The third-order valence-electron chi connectivity index (χ3n) is 5.48. The number of likely N-dealkylation sites (tertiary alicyclic amines) is 1. The first kappa shape index (κ1) is 15.0. The average Bonchev–Trinajstić information content (AvgIpc) is 2.52. The van der Waals surface area contributed by atoms with Gasteiger partial charge in [0, 0.05) is 18.6 Å².